The predicted molar refractivity (Wildman–Crippen MR) is 67.8 cm³/mol. The van der Waals surface area contributed by atoms with Crippen molar-refractivity contribution in [1.29, 1.82) is 0 Å². The minimum absolute atomic E-state index is 0.155. The van der Waals surface area contributed by atoms with Crippen molar-refractivity contribution in [2.75, 3.05) is 20.2 Å². The van der Waals surface area contributed by atoms with Crippen LogP contribution in [-0.2, 0) is 0 Å². The van der Waals surface area contributed by atoms with E-state index in [1.807, 2.05) is 0 Å². The van der Waals surface area contributed by atoms with Crippen molar-refractivity contribution in [1.82, 2.24) is 14.9 Å². The van der Waals surface area contributed by atoms with Crippen LogP contribution in [0.2, 0.25) is 10.3 Å². The van der Waals surface area contributed by atoms with Gasteiger partial charge >= 0.3 is 0 Å². The molecule has 1 aromatic rings. The molecule has 2 rings (SSSR count). The Labute approximate surface area is 111 Å². The van der Waals surface area contributed by atoms with Gasteiger partial charge in [0.2, 0.25) is 11.2 Å². The number of nitrogens with zero attached hydrogens (tertiary/aromatic N) is 3. The van der Waals surface area contributed by atoms with E-state index in [1.165, 1.54) is 25.6 Å². The molecule has 17 heavy (non-hydrogen) atoms. The molecule has 1 aromatic heterocycles. The van der Waals surface area contributed by atoms with Gasteiger partial charge in [-0.3, -0.25) is 0 Å². The fourth-order valence-electron chi connectivity index (χ4n) is 2.07. The number of hydrogen-bond acceptors (Lipinski definition) is 4. The molecule has 0 N–H and O–H groups in total. The summed E-state index contributed by atoms with van der Waals surface area (Å²) in [4.78, 5) is 10.1. The average Bonchev–Trinajstić information content (AvgIpc) is 2.70. The van der Waals surface area contributed by atoms with Gasteiger partial charge in [0.15, 0.2) is 0 Å². The summed E-state index contributed by atoms with van der Waals surface area (Å²) >= 11 is 11.6. The van der Waals surface area contributed by atoms with Crippen LogP contribution in [0.15, 0.2) is 6.20 Å². The largest absolute Gasteiger partial charge is 0.476 e. The maximum Gasteiger partial charge on any atom is 0.237 e. The van der Waals surface area contributed by atoms with Crippen molar-refractivity contribution in [2.45, 2.75) is 25.3 Å². The van der Waals surface area contributed by atoms with Crippen LogP contribution >= 0.6 is 23.2 Å². The summed E-state index contributed by atoms with van der Waals surface area (Å²) in [6, 6.07) is 0.603. The van der Waals surface area contributed by atoms with Gasteiger partial charge in [-0.15, -0.1) is 0 Å². The number of aromatic nitrogens is 2. The van der Waals surface area contributed by atoms with Gasteiger partial charge in [0.1, 0.15) is 5.02 Å². The van der Waals surface area contributed by atoms with E-state index < -0.39 is 0 Å². The third-order valence-corrected chi connectivity index (χ3v) is 3.49. The van der Waals surface area contributed by atoms with Crippen molar-refractivity contribution in [3.8, 4) is 5.88 Å². The zero-order valence-electron chi connectivity index (χ0n) is 9.70. The molecule has 94 valence electrons. The molecule has 4 nitrogen and oxygen atoms in total. The van der Waals surface area contributed by atoms with Crippen LogP contribution in [0.4, 0.5) is 0 Å². The quantitative estimate of drug-likeness (QED) is 0.792. The van der Waals surface area contributed by atoms with Gasteiger partial charge in [-0.1, -0.05) is 11.6 Å². The molecule has 2 heterocycles. The molecule has 1 aliphatic heterocycles. The normalized spacial score (nSPS) is 20.8. The third-order valence-electron chi connectivity index (χ3n) is 3.04. The number of rotatable bonds is 4. The van der Waals surface area contributed by atoms with E-state index in [2.05, 4.69) is 21.9 Å². The van der Waals surface area contributed by atoms with E-state index in [-0.39, 0.29) is 5.28 Å². The Kier molecular flexibility index (Phi) is 4.42. The first kappa shape index (κ1) is 12.9. The number of ether oxygens (including phenoxy) is 1. The molecule has 0 spiro atoms. The smallest absolute Gasteiger partial charge is 0.237 e. The molecule has 1 atom stereocenters. The van der Waals surface area contributed by atoms with Crippen molar-refractivity contribution in [3.63, 3.8) is 0 Å². The first-order chi connectivity index (χ1) is 8.16. The van der Waals surface area contributed by atoms with Crippen LogP contribution in [0.3, 0.4) is 0 Å². The third kappa shape index (κ3) is 3.44. The SMILES string of the molecule is CN1CCCC1CCOc1nc(Cl)ncc1Cl. The van der Waals surface area contributed by atoms with E-state index in [1.54, 1.807) is 0 Å². The molecule has 1 saturated heterocycles. The highest BCUT2D eigenvalue weighted by Crippen LogP contribution is 2.23. The minimum atomic E-state index is 0.155. The molecule has 0 bridgehead atoms. The summed E-state index contributed by atoms with van der Waals surface area (Å²) in [5.41, 5.74) is 0. The van der Waals surface area contributed by atoms with Gasteiger partial charge in [0, 0.05) is 6.04 Å². The Hall–Kier alpha value is -0.580. The topological polar surface area (TPSA) is 38.2 Å². The average molecular weight is 276 g/mol. The van der Waals surface area contributed by atoms with Crippen LogP contribution in [0, 0.1) is 0 Å². The first-order valence-corrected chi connectivity index (χ1v) is 6.43. The van der Waals surface area contributed by atoms with E-state index in [0.29, 0.717) is 23.6 Å². The Bertz CT molecular complexity index is 389. The minimum Gasteiger partial charge on any atom is -0.476 e. The molecular formula is C11H15Cl2N3O. The molecule has 0 aliphatic carbocycles. The van der Waals surface area contributed by atoms with Crippen molar-refractivity contribution >= 4 is 23.2 Å². The summed E-state index contributed by atoms with van der Waals surface area (Å²) in [5, 5.41) is 0.552. The molecule has 0 saturated carbocycles. The van der Waals surface area contributed by atoms with E-state index in [0.717, 1.165) is 6.42 Å². The van der Waals surface area contributed by atoms with Crippen LogP contribution < -0.4 is 4.74 Å². The van der Waals surface area contributed by atoms with Crippen LogP contribution in [0.1, 0.15) is 19.3 Å². The Morgan fingerprint density at radius 2 is 2.35 bits per heavy atom. The maximum absolute atomic E-state index is 5.90. The Morgan fingerprint density at radius 3 is 3.06 bits per heavy atom. The summed E-state index contributed by atoms with van der Waals surface area (Å²) in [5.74, 6) is 0.368. The van der Waals surface area contributed by atoms with Gasteiger partial charge in [-0.25, -0.2) is 4.98 Å². The van der Waals surface area contributed by atoms with E-state index in [9.17, 15) is 0 Å². The Morgan fingerprint density at radius 1 is 1.53 bits per heavy atom. The van der Waals surface area contributed by atoms with Crippen LogP contribution in [-0.4, -0.2) is 41.1 Å². The van der Waals surface area contributed by atoms with Crippen LogP contribution in [0.5, 0.6) is 5.88 Å². The van der Waals surface area contributed by atoms with Gasteiger partial charge in [-0.05, 0) is 44.5 Å². The van der Waals surface area contributed by atoms with Crippen molar-refractivity contribution in [2.24, 2.45) is 0 Å². The maximum atomic E-state index is 5.90. The lowest BCUT2D eigenvalue weighted by molar-refractivity contribution is 0.228. The fraction of sp³-hybridized carbons (Fsp3) is 0.636. The summed E-state index contributed by atoms with van der Waals surface area (Å²) in [6.45, 7) is 1.77. The predicted octanol–water partition coefficient (Wildman–Crippen LogP) is 2.65. The zero-order chi connectivity index (χ0) is 12.3. The standard InChI is InChI=1S/C11H15Cl2N3O/c1-16-5-2-3-8(16)4-6-17-10-9(12)7-14-11(13)15-10/h7-8H,2-6H2,1H3. The highest BCUT2D eigenvalue weighted by Gasteiger charge is 2.20. The van der Waals surface area contributed by atoms with E-state index >= 15 is 0 Å². The lowest BCUT2D eigenvalue weighted by atomic mass is 10.1. The van der Waals surface area contributed by atoms with Crippen molar-refractivity contribution < 1.29 is 4.74 Å². The molecule has 0 aromatic carbocycles. The van der Waals surface area contributed by atoms with Gasteiger partial charge < -0.3 is 9.64 Å². The molecule has 1 aliphatic rings. The van der Waals surface area contributed by atoms with Gasteiger partial charge in [-0.2, -0.15) is 4.98 Å². The number of likely N-dealkylation sites (tertiary alicyclic amines) is 1. The number of halogens is 2. The van der Waals surface area contributed by atoms with Crippen molar-refractivity contribution in [3.05, 3.63) is 16.5 Å². The first-order valence-electron chi connectivity index (χ1n) is 5.68. The lowest BCUT2D eigenvalue weighted by Gasteiger charge is -2.19. The molecule has 6 heteroatoms. The highest BCUT2D eigenvalue weighted by molar-refractivity contribution is 6.32. The second-order valence-electron chi connectivity index (χ2n) is 4.21. The second-order valence-corrected chi connectivity index (χ2v) is 4.95. The van der Waals surface area contributed by atoms with Gasteiger partial charge in [0.05, 0.1) is 12.8 Å². The summed E-state index contributed by atoms with van der Waals surface area (Å²) in [6.07, 6.45) is 4.93. The molecule has 0 radical (unpaired) electrons. The summed E-state index contributed by atoms with van der Waals surface area (Å²) < 4.78 is 5.53. The molecule has 1 unspecified atom stereocenters. The summed E-state index contributed by atoms with van der Waals surface area (Å²) in [7, 11) is 2.15. The monoisotopic (exact) mass is 275 g/mol. The number of hydrogen-bond donors (Lipinski definition) is 0. The van der Waals surface area contributed by atoms with Gasteiger partial charge in [0.25, 0.3) is 0 Å². The van der Waals surface area contributed by atoms with Crippen LogP contribution in [0.25, 0.3) is 0 Å². The Balaban J connectivity index is 1.83. The highest BCUT2D eigenvalue weighted by atomic mass is 35.5. The zero-order valence-corrected chi connectivity index (χ0v) is 11.2. The molecular weight excluding hydrogens is 261 g/mol. The lowest BCUT2D eigenvalue weighted by Crippen LogP contribution is -2.26. The van der Waals surface area contributed by atoms with E-state index in [4.69, 9.17) is 27.9 Å². The fourth-order valence-corrected chi connectivity index (χ4v) is 2.34. The molecule has 0 amide bonds. The second kappa shape index (κ2) is 5.85. The molecule has 1 fully saturated rings.